The first-order chi connectivity index (χ1) is 8.62. The van der Waals surface area contributed by atoms with Crippen LogP contribution >= 0.6 is 22.6 Å². The van der Waals surface area contributed by atoms with Gasteiger partial charge in [-0.05, 0) is 47.2 Å². The van der Waals surface area contributed by atoms with Crippen molar-refractivity contribution in [3.05, 3.63) is 27.3 Å². The number of anilines is 1. The maximum Gasteiger partial charge on any atom is 0.242 e. The number of carbonyl (C=O) groups is 1. The van der Waals surface area contributed by atoms with Gasteiger partial charge >= 0.3 is 0 Å². The molecule has 0 fully saturated rings. The number of carbonyl (C=O) groups excluding carboxylic acids is 1. The van der Waals surface area contributed by atoms with Crippen LogP contribution in [0.4, 0.5) is 5.69 Å². The normalized spacial score (nSPS) is 11.2. The highest BCUT2D eigenvalue weighted by molar-refractivity contribution is 14.1. The Labute approximate surface area is 127 Å². The van der Waals surface area contributed by atoms with Crippen LogP contribution in [0, 0.1) is 10.5 Å². The van der Waals surface area contributed by atoms with E-state index >= 15 is 0 Å². The summed E-state index contributed by atoms with van der Waals surface area (Å²) in [7, 11) is -0.296. The smallest absolute Gasteiger partial charge is 0.242 e. The molecular formula is C12H17IN2O3S. The lowest BCUT2D eigenvalue weighted by molar-refractivity contribution is -0.127. The first-order valence-electron chi connectivity index (χ1n) is 5.57. The standard InChI is InChI=1S/C12H17IN2O3S/c1-9-5-6-10(7-11(9)13)15(19(4,17)18)8-12(16)14(2)3/h5-7H,8H2,1-4H3. The van der Waals surface area contributed by atoms with Crippen LogP contribution in [0.15, 0.2) is 18.2 Å². The van der Waals surface area contributed by atoms with Crippen LogP contribution in [0.5, 0.6) is 0 Å². The molecule has 106 valence electrons. The molecule has 1 aromatic carbocycles. The second kappa shape index (κ2) is 6.08. The van der Waals surface area contributed by atoms with E-state index in [9.17, 15) is 13.2 Å². The number of amides is 1. The van der Waals surface area contributed by atoms with Crippen molar-refractivity contribution in [1.29, 1.82) is 0 Å². The van der Waals surface area contributed by atoms with E-state index in [0.29, 0.717) is 5.69 Å². The molecule has 1 amide bonds. The molecule has 0 atom stereocenters. The fourth-order valence-electron chi connectivity index (χ4n) is 1.40. The number of rotatable bonds is 4. The van der Waals surface area contributed by atoms with Crippen LogP contribution in [0.3, 0.4) is 0 Å². The molecule has 0 aliphatic carbocycles. The SMILES string of the molecule is Cc1ccc(N(CC(=O)N(C)C)S(C)(=O)=O)cc1I. The van der Waals surface area contributed by atoms with Crippen LogP contribution in [0.1, 0.15) is 5.56 Å². The van der Waals surface area contributed by atoms with Gasteiger partial charge in [0.15, 0.2) is 0 Å². The van der Waals surface area contributed by atoms with E-state index in [0.717, 1.165) is 19.7 Å². The van der Waals surface area contributed by atoms with Crippen molar-refractivity contribution in [3.8, 4) is 0 Å². The third-order valence-corrected chi connectivity index (χ3v) is 4.92. The van der Waals surface area contributed by atoms with Crippen molar-refractivity contribution < 1.29 is 13.2 Å². The van der Waals surface area contributed by atoms with Crippen molar-refractivity contribution in [2.75, 3.05) is 31.2 Å². The Hall–Kier alpha value is -0.830. The number of halogens is 1. The average molecular weight is 396 g/mol. The van der Waals surface area contributed by atoms with Gasteiger partial charge in [0.05, 0.1) is 11.9 Å². The molecule has 0 aliphatic rings. The number of hydrogen-bond donors (Lipinski definition) is 0. The maximum atomic E-state index is 11.8. The molecule has 0 unspecified atom stereocenters. The number of likely N-dealkylation sites (N-methyl/N-ethyl adjacent to an activating group) is 1. The average Bonchev–Trinajstić information content (AvgIpc) is 2.27. The molecule has 1 aromatic rings. The first kappa shape index (κ1) is 16.2. The molecule has 7 heteroatoms. The molecule has 0 aliphatic heterocycles. The van der Waals surface area contributed by atoms with Crippen molar-refractivity contribution in [2.45, 2.75) is 6.92 Å². The Bertz CT molecular complexity index is 585. The van der Waals surface area contributed by atoms with Crippen LogP contribution in [0.2, 0.25) is 0 Å². The van der Waals surface area contributed by atoms with Gasteiger partial charge in [-0.3, -0.25) is 9.10 Å². The highest BCUT2D eigenvalue weighted by Crippen LogP contribution is 2.22. The van der Waals surface area contributed by atoms with Gasteiger partial charge in [-0.2, -0.15) is 0 Å². The lowest BCUT2D eigenvalue weighted by atomic mass is 10.2. The van der Waals surface area contributed by atoms with Gasteiger partial charge in [-0.15, -0.1) is 0 Å². The van der Waals surface area contributed by atoms with Gasteiger partial charge < -0.3 is 4.90 Å². The Kier molecular flexibility index (Phi) is 5.19. The maximum absolute atomic E-state index is 11.8. The van der Waals surface area contributed by atoms with E-state index in [4.69, 9.17) is 0 Å². The van der Waals surface area contributed by atoms with E-state index in [1.807, 2.05) is 13.0 Å². The second-order valence-corrected chi connectivity index (χ2v) is 7.56. The van der Waals surface area contributed by atoms with Gasteiger partial charge in [0.2, 0.25) is 15.9 Å². The number of aryl methyl sites for hydroxylation is 1. The number of nitrogens with zero attached hydrogens (tertiary/aromatic N) is 2. The van der Waals surface area contributed by atoms with E-state index in [1.165, 1.54) is 4.90 Å². The largest absolute Gasteiger partial charge is 0.347 e. The fourth-order valence-corrected chi connectivity index (χ4v) is 2.74. The monoisotopic (exact) mass is 396 g/mol. The summed E-state index contributed by atoms with van der Waals surface area (Å²) in [5.41, 5.74) is 1.57. The molecule has 1 rings (SSSR count). The van der Waals surface area contributed by atoms with E-state index < -0.39 is 10.0 Å². The molecule has 5 nitrogen and oxygen atoms in total. The summed E-state index contributed by atoms with van der Waals surface area (Å²) in [5.74, 6) is -0.263. The molecule has 0 aromatic heterocycles. The quantitative estimate of drug-likeness (QED) is 0.725. The zero-order chi connectivity index (χ0) is 14.8. The molecule has 0 saturated carbocycles. The molecule has 0 saturated heterocycles. The predicted molar refractivity (Wildman–Crippen MR) is 84.8 cm³/mol. The summed E-state index contributed by atoms with van der Waals surface area (Å²) in [6.07, 6.45) is 1.10. The predicted octanol–water partition coefficient (Wildman–Crippen LogP) is 1.45. The topological polar surface area (TPSA) is 57.7 Å². The summed E-state index contributed by atoms with van der Waals surface area (Å²) in [4.78, 5) is 13.1. The van der Waals surface area contributed by atoms with Crippen LogP contribution < -0.4 is 4.31 Å². The zero-order valence-electron chi connectivity index (χ0n) is 11.3. The Morgan fingerprint density at radius 1 is 1.32 bits per heavy atom. The minimum Gasteiger partial charge on any atom is -0.347 e. The molecular weight excluding hydrogens is 379 g/mol. The van der Waals surface area contributed by atoms with Crippen molar-refractivity contribution in [1.82, 2.24) is 4.90 Å². The zero-order valence-corrected chi connectivity index (χ0v) is 14.3. The second-order valence-electron chi connectivity index (χ2n) is 4.49. The minimum absolute atomic E-state index is 0.190. The molecule has 0 radical (unpaired) electrons. The molecule has 0 N–H and O–H groups in total. The third kappa shape index (κ3) is 4.34. The first-order valence-corrected chi connectivity index (χ1v) is 8.49. The van der Waals surface area contributed by atoms with Gasteiger partial charge in [0.1, 0.15) is 6.54 Å². The summed E-state index contributed by atoms with van der Waals surface area (Å²) < 4.78 is 25.8. The Balaban J connectivity index is 3.18. The number of benzene rings is 1. The van der Waals surface area contributed by atoms with Crippen molar-refractivity contribution in [2.24, 2.45) is 0 Å². The van der Waals surface area contributed by atoms with Crippen molar-refractivity contribution >= 4 is 44.2 Å². The number of sulfonamides is 1. The van der Waals surface area contributed by atoms with Crippen molar-refractivity contribution in [3.63, 3.8) is 0 Å². The summed E-state index contributed by atoms with van der Waals surface area (Å²) in [6.45, 7) is 1.76. The van der Waals surface area contributed by atoms with Crippen LogP contribution in [-0.2, 0) is 14.8 Å². The summed E-state index contributed by atoms with van der Waals surface area (Å²) in [5, 5.41) is 0. The number of hydrogen-bond acceptors (Lipinski definition) is 3. The molecule has 0 spiro atoms. The fraction of sp³-hybridized carbons (Fsp3) is 0.417. The summed E-state index contributed by atoms with van der Waals surface area (Å²) in [6, 6.07) is 5.32. The molecule has 0 bridgehead atoms. The Morgan fingerprint density at radius 3 is 2.32 bits per heavy atom. The highest BCUT2D eigenvalue weighted by Gasteiger charge is 2.22. The van der Waals surface area contributed by atoms with Gasteiger partial charge in [-0.25, -0.2) is 8.42 Å². The third-order valence-electron chi connectivity index (χ3n) is 2.62. The lowest BCUT2D eigenvalue weighted by Gasteiger charge is -2.24. The van der Waals surface area contributed by atoms with Gasteiger partial charge in [0, 0.05) is 17.7 Å². The van der Waals surface area contributed by atoms with Crippen LogP contribution in [-0.4, -0.2) is 46.1 Å². The Morgan fingerprint density at radius 2 is 1.89 bits per heavy atom. The van der Waals surface area contributed by atoms with Gasteiger partial charge in [0.25, 0.3) is 0 Å². The van der Waals surface area contributed by atoms with E-state index in [-0.39, 0.29) is 12.5 Å². The lowest BCUT2D eigenvalue weighted by Crippen LogP contribution is -2.39. The van der Waals surface area contributed by atoms with E-state index in [2.05, 4.69) is 22.6 Å². The minimum atomic E-state index is -3.49. The van der Waals surface area contributed by atoms with Crippen LogP contribution in [0.25, 0.3) is 0 Å². The molecule has 0 heterocycles. The molecule has 19 heavy (non-hydrogen) atoms. The van der Waals surface area contributed by atoms with E-state index in [1.54, 1.807) is 26.2 Å². The highest BCUT2D eigenvalue weighted by atomic mass is 127. The van der Waals surface area contributed by atoms with Gasteiger partial charge in [-0.1, -0.05) is 6.07 Å². The summed E-state index contributed by atoms with van der Waals surface area (Å²) >= 11 is 2.14.